The molecule has 0 bridgehead atoms. The minimum absolute atomic E-state index is 0.215. The highest BCUT2D eigenvalue weighted by atomic mass is 16.7. The van der Waals surface area contributed by atoms with E-state index in [9.17, 15) is 24.5 Å². The number of nitro groups is 1. The highest BCUT2D eigenvalue weighted by Crippen LogP contribution is 2.20. The summed E-state index contributed by atoms with van der Waals surface area (Å²) in [7, 11) is 0. The van der Waals surface area contributed by atoms with Gasteiger partial charge in [-0.3, -0.25) is 19.7 Å². The third-order valence-electron chi connectivity index (χ3n) is 3.63. The third-order valence-corrected chi connectivity index (χ3v) is 3.63. The second kappa shape index (κ2) is 7.68. The van der Waals surface area contributed by atoms with Crippen LogP contribution in [0.1, 0.15) is 33.8 Å². The average molecular weight is 373 g/mol. The molecule has 0 spiro atoms. The number of nitrogens with one attached hydrogen (secondary N) is 2. The van der Waals surface area contributed by atoms with Crippen LogP contribution in [0, 0.1) is 10.1 Å². The minimum atomic E-state index is -1.00. The third kappa shape index (κ3) is 4.91. The number of hydrogen-bond acceptors (Lipinski definition) is 7. The number of rotatable bonds is 7. The zero-order valence-corrected chi connectivity index (χ0v) is 14.0. The number of nitrogens with zero attached hydrogens (tertiary/aromatic N) is 1. The number of carbonyl (C=O) groups is 3. The summed E-state index contributed by atoms with van der Waals surface area (Å²) in [6.07, 6.45) is 1.93. The maximum atomic E-state index is 12.0. The van der Waals surface area contributed by atoms with Gasteiger partial charge >= 0.3 is 11.9 Å². The molecule has 0 saturated heterocycles. The SMILES string of the molecule is O=C(COC(=O)c1ccc([N+](=O)[O-])o1)Nc1cccc(C(=O)NC2CC2)c1. The first-order valence-electron chi connectivity index (χ1n) is 8.04. The Bertz CT molecular complexity index is 901. The van der Waals surface area contributed by atoms with E-state index in [1.165, 1.54) is 6.07 Å². The van der Waals surface area contributed by atoms with Crippen molar-refractivity contribution in [3.63, 3.8) is 0 Å². The van der Waals surface area contributed by atoms with Crippen LogP contribution in [0.5, 0.6) is 0 Å². The molecule has 1 aliphatic carbocycles. The fraction of sp³-hybridized carbons (Fsp3) is 0.235. The second-order valence-electron chi connectivity index (χ2n) is 5.85. The molecular formula is C17H15N3O7. The lowest BCUT2D eigenvalue weighted by molar-refractivity contribution is -0.402. The van der Waals surface area contributed by atoms with Crippen molar-refractivity contribution in [2.45, 2.75) is 18.9 Å². The quantitative estimate of drug-likeness (QED) is 0.429. The van der Waals surface area contributed by atoms with Gasteiger partial charge in [0.1, 0.15) is 4.92 Å². The van der Waals surface area contributed by atoms with Crippen molar-refractivity contribution < 1.29 is 28.5 Å². The van der Waals surface area contributed by atoms with Crippen LogP contribution in [0.3, 0.4) is 0 Å². The van der Waals surface area contributed by atoms with Gasteiger partial charge in [0, 0.05) is 17.3 Å². The summed E-state index contributed by atoms with van der Waals surface area (Å²) in [5.74, 6) is -2.85. The van der Waals surface area contributed by atoms with Crippen LogP contribution in [-0.2, 0) is 9.53 Å². The van der Waals surface area contributed by atoms with E-state index in [-0.39, 0.29) is 17.7 Å². The Morgan fingerprint density at radius 2 is 2.00 bits per heavy atom. The zero-order chi connectivity index (χ0) is 19.4. The van der Waals surface area contributed by atoms with Gasteiger partial charge in [0.15, 0.2) is 6.61 Å². The average Bonchev–Trinajstić information content (AvgIpc) is 3.31. The van der Waals surface area contributed by atoms with Crippen LogP contribution in [-0.4, -0.2) is 35.4 Å². The lowest BCUT2D eigenvalue weighted by atomic mass is 10.2. The van der Waals surface area contributed by atoms with Crippen molar-refractivity contribution in [2.75, 3.05) is 11.9 Å². The highest BCUT2D eigenvalue weighted by molar-refractivity contribution is 5.98. The molecule has 0 aliphatic heterocycles. The van der Waals surface area contributed by atoms with Crippen molar-refractivity contribution in [3.8, 4) is 0 Å². The maximum absolute atomic E-state index is 12.0. The molecule has 27 heavy (non-hydrogen) atoms. The Balaban J connectivity index is 1.51. The fourth-order valence-electron chi connectivity index (χ4n) is 2.17. The Hall–Kier alpha value is -3.69. The first-order chi connectivity index (χ1) is 12.9. The van der Waals surface area contributed by atoms with Crippen molar-refractivity contribution in [2.24, 2.45) is 0 Å². The van der Waals surface area contributed by atoms with E-state index in [1.807, 2.05) is 0 Å². The zero-order valence-electron chi connectivity index (χ0n) is 14.0. The van der Waals surface area contributed by atoms with Crippen LogP contribution < -0.4 is 10.6 Å². The van der Waals surface area contributed by atoms with Crippen LogP contribution in [0.4, 0.5) is 11.6 Å². The number of furan rings is 1. The number of anilines is 1. The Morgan fingerprint density at radius 3 is 2.67 bits per heavy atom. The van der Waals surface area contributed by atoms with Crippen LogP contribution >= 0.6 is 0 Å². The summed E-state index contributed by atoms with van der Waals surface area (Å²) in [5, 5.41) is 15.9. The summed E-state index contributed by atoms with van der Waals surface area (Å²) in [4.78, 5) is 45.3. The summed E-state index contributed by atoms with van der Waals surface area (Å²) < 4.78 is 9.43. The number of amides is 2. The van der Waals surface area contributed by atoms with Crippen LogP contribution in [0.2, 0.25) is 0 Å². The molecule has 1 aromatic heterocycles. The Labute approximate surface area is 152 Å². The molecule has 0 unspecified atom stereocenters. The molecule has 3 rings (SSSR count). The second-order valence-corrected chi connectivity index (χ2v) is 5.85. The molecular weight excluding hydrogens is 358 g/mol. The molecule has 2 aromatic rings. The summed E-state index contributed by atoms with van der Waals surface area (Å²) in [5.41, 5.74) is 0.771. The van der Waals surface area contributed by atoms with Gasteiger partial charge < -0.3 is 19.8 Å². The molecule has 140 valence electrons. The molecule has 1 saturated carbocycles. The van der Waals surface area contributed by atoms with Crippen LogP contribution in [0.15, 0.2) is 40.8 Å². The van der Waals surface area contributed by atoms with E-state index in [4.69, 9.17) is 4.74 Å². The van der Waals surface area contributed by atoms with Gasteiger partial charge in [-0.2, -0.15) is 0 Å². The molecule has 0 atom stereocenters. The molecule has 1 heterocycles. The van der Waals surface area contributed by atoms with Gasteiger partial charge in [-0.25, -0.2) is 4.79 Å². The van der Waals surface area contributed by atoms with E-state index in [2.05, 4.69) is 15.1 Å². The van der Waals surface area contributed by atoms with Gasteiger partial charge in [0.05, 0.1) is 6.07 Å². The smallest absolute Gasteiger partial charge is 0.433 e. The molecule has 10 nitrogen and oxygen atoms in total. The summed E-state index contributed by atoms with van der Waals surface area (Å²) >= 11 is 0. The molecule has 2 amide bonds. The predicted molar refractivity (Wildman–Crippen MR) is 91.2 cm³/mol. The van der Waals surface area contributed by atoms with Crippen molar-refractivity contribution in [3.05, 3.63) is 57.8 Å². The van der Waals surface area contributed by atoms with Gasteiger partial charge in [-0.05, 0) is 37.1 Å². The number of hydrogen-bond donors (Lipinski definition) is 2. The standard InChI is InChI=1S/C17H15N3O7/c21-14(9-26-17(23)13-6-7-15(27-13)20(24)25)18-12-3-1-2-10(8-12)16(22)19-11-4-5-11/h1-3,6-8,11H,4-5,9H2,(H,18,21)(H,19,22). The van der Waals surface area contributed by atoms with E-state index in [0.717, 1.165) is 25.0 Å². The largest absolute Gasteiger partial charge is 0.450 e. The predicted octanol–water partition coefficient (Wildman–Crippen LogP) is 1.88. The van der Waals surface area contributed by atoms with Crippen molar-refractivity contribution in [1.29, 1.82) is 0 Å². The van der Waals surface area contributed by atoms with E-state index < -0.39 is 29.3 Å². The van der Waals surface area contributed by atoms with Crippen molar-refractivity contribution in [1.82, 2.24) is 5.32 Å². The molecule has 0 radical (unpaired) electrons. The molecule has 10 heteroatoms. The first-order valence-corrected chi connectivity index (χ1v) is 8.04. The first kappa shape index (κ1) is 18.1. The summed E-state index contributed by atoms with van der Waals surface area (Å²) in [6, 6.07) is 8.64. The molecule has 1 aliphatic rings. The number of benzene rings is 1. The van der Waals surface area contributed by atoms with E-state index >= 15 is 0 Å². The van der Waals surface area contributed by atoms with Gasteiger partial charge in [-0.15, -0.1) is 0 Å². The number of carbonyl (C=O) groups excluding carboxylic acids is 3. The number of ether oxygens (including phenoxy) is 1. The van der Waals surface area contributed by atoms with Crippen molar-refractivity contribution >= 4 is 29.4 Å². The number of esters is 1. The minimum Gasteiger partial charge on any atom is -0.450 e. The van der Waals surface area contributed by atoms with Gasteiger partial charge in [-0.1, -0.05) is 6.07 Å². The Kier molecular flexibility index (Phi) is 5.15. The summed E-state index contributed by atoms with van der Waals surface area (Å²) in [6.45, 7) is -0.619. The molecule has 1 aromatic carbocycles. The van der Waals surface area contributed by atoms with E-state index in [0.29, 0.717) is 11.3 Å². The topological polar surface area (TPSA) is 141 Å². The van der Waals surface area contributed by atoms with E-state index in [1.54, 1.807) is 18.2 Å². The highest BCUT2D eigenvalue weighted by Gasteiger charge is 2.24. The lowest BCUT2D eigenvalue weighted by Crippen LogP contribution is -2.25. The van der Waals surface area contributed by atoms with Crippen LogP contribution in [0.25, 0.3) is 0 Å². The fourth-order valence-corrected chi connectivity index (χ4v) is 2.17. The normalized spacial score (nSPS) is 12.9. The Morgan fingerprint density at radius 1 is 1.22 bits per heavy atom. The van der Waals surface area contributed by atoms with Gasteiger partial charge in [0.25, 0.3) is 11.8 Å². The molecule has 1 fully saturated rings. The maximum Gasteiger partial charge on any atom is 0.433 e. The monoisotopic (exact) mass is 373 g/mol. The van der Waals surface area contributed by atoms with Gasteiger partial charge in [0.2, 0.25) is 5.76 Å². The lowest BCUT2D eigenvalue weighted by Gasteiger charge is -2.08. The molecule has 2 N–H and O–H groups in total.